The fraction of sp³-hybridized carbons (Fsp3) is 0.250. The van der Waals surface area contributed by atoms with Crippen molar-refractivity contribution in [2.45, 2.75) is 6.04 Å². The molecule has 1 rings (SSSR count). The Morgan fingerprint density at radius 1 is 1.31 bits per heavy atom. The maximum Gasteiger partial charge on any atom is 0.499 e. The number of rotatable bonds is 3. The molecule has 0 radical (unpaired) electrons. The van der Waals surface area contributed by atoms with E-state index in [4.69, 9.17) is 0 Å². The largest absolute Gasteiger partial charge is 0.499 e. The summed E-state index contributed by atoms with van der Waals surface area (Å²) in [4.78, 5) is 18.4. The van der Waals surface area contributed by atoms with Crippen LogP contribution in [0.3, 0.4) is 0 Å². The third kappa shape index (κ3) is 3.23. The fourth-order valence-corrected chi connectivity index (χ4v) is 1.85. The molecule has 0 fully saturated rings. The average molecular weight is 202 g/mol. The van der Waals surface area contributed by atoms with E-state index in [0.29, 0.717) is 5.56 Å². The van der Waals surface area contributed by atoms with E-state index in [9.17, 15) is 14.0 Å². The topological polar surface area (TPSA) is 49.7 Å². The average Bonchev–Trinajstić information content (AvgIpc) is 2.09. The lowest BCUT2D eigenvalue weighted by Gasteiger charge is -2.14. The molecule has 0 bridgehead atoms. The van der Waals surface area contributed by atoms with Gasteiger partial charge in [-0.2, -0.15) is 0 Å². The molecule has 0 spiro atoms. The first-order valence-electron chi connectivity index (χ1n) is 3.78. The van der Waals surface area contributed by atoms with Crippen LogP contribution in [0.5, 0.6) is 0 Å². The Hall–Kier alpha value is -0.753. The van der Waals surface area contributed by atoms with Gasteiger partial charge in [-0.1, -0.05) is 12.1 Å². The van der Waals surface area contributed by atoms with Crippen LogP contribution in [-0.4, -0.2) is 25.5 Å². The van der Waals surface area contributed by atoms with Crippen molar-refractivity contribution in [3.05, 3.63) is 35.6 Å². The van der Waals surface area contributed by atoms with Gasteiger partial charge >= 0.3 is 8.80 Å². The predicted octanol–water partition coefficient (Wildman–Crippen LogP) is 0.477. The van der Waals surface area contributed by atoms with Crippen LogP contribution >= 0.6 is 0 Å². The lowest BCUT2D eigenvalue weighted by Crippen LogP contribution is -2.40. The van der Waals surface area contributed by atoms with Crippen molar-refractivity contribution in [1.29, 1.82) is 0 Å². The minimum Gasteiger partial charge on any atom is -0.390 e. The molecule has 0 aliphatic rings. The van der Waals surface area contributed by atoms with Crippen LogP contribution in [0.1, 0.15) is 5.56 Å². The summed E-state index contributed by atoms with van der Waals surface area (Å²) in [7, 11) is -2.31. The van der Waals surface area contributed by atoms with Gasteiger partial charge in [0.25, 0.3) is 0 Å². The van der Waals surface area contributed by atoms with E-state index in [0.717, 1.165) is 0 Å². The van der Waals surface area contributed by atoms with Crippen LogP contribution in [0.4, 0.5) is 4.39 Å². The molecule has 0 aromatic heterocycles. The van der Waals surface area contributed by atoms with Crippen molar-refractivity contribution in [3.63, 3.8) is 0 Å². The molecule has 0 unspecified atom stereocenters. The maximum absolute atomic E-state index is 12.5. The van der Waals surface area contributed by atoms with Gasteiger partial charge < -0.3 is 14.0 Å². The molecule has 0 saturated heterocycles. The highest BCUT2D eigenvalue weighted by Gasteiger charge is 2.30. The smallest absolute Gasteiger partial charge is 0.390 e. The van der Waals surface area contributed by atoms with Crippen molar-refractivity contribution in [3.8, 4) is 0 Å². The summed E-state index contributed by atoms with van der Waals surface area (Å²) in [6.45, 7) is 0. The second-order valence-corrected chi connectivity index (χ2v) is 5.00. The minimum absolute atomic E-state index is 0.0454. The van der Waals surface area contributed by atoms with E-state index in [-0.39, 0.29) is 11.9 Å². The van der Waals surface area contributed by atoms with Crippen molar-refractivity contribution in [2.24, 2.45) is 0 Å². The quantitative estimate of drug-likeness (QED) is 0.701. The molecule has 72 valence electrons. The summed E-state index contributed by atoms with van der Waals surface area (Å²) < 4.78 is 17.0. The van der Waals surface area contributed by atoms with E-state index >= 15 is 0 Å². The van der Waals surface area contributed by atoms with Gasteiger partial charge in [-0.25, -0.2) is 4.39 Å². The molecular formula is C8H11FO3Si. The highest BCUT2D eigenvalue weighted by Crippen LogP contribution is 2.08. The summed E-state index contributed by atoms with van der Waals surface area (Å²) in [6.07, 6.45) is 0. The van der Waals surface area contributed by atoms with Gasteiger partial charge in [-0.05, 0) is 17.7 Å². The molecule has 1 aromatic carbocycles. The molecule has 5 heteroatoms. The molecule has 1 aromatic rings. The lowest BCUT2D eigenvalue weighted by atomic mass is 10.2. The van der Waals surface area contributed by atoms with Gasteiger partial charge in [-0.3, -0.25) is 0 Å². The molecule has 0 aliphatic carbocycles. The highest BCUT2D eigenvalue weighted by molar-refractivity contribution is 6.57. The second kappa shape index (κ2) is 3.97. The molecular weight excluding hydrogens is 191 g/mol. The van der Waals surface area contributed by atoms with E-state index in [1.54, 1.807) is 0 Å². The van der Waals surface area contributed by atoms with Gasteiger partial charge in [0.15, 0.2) is 0 Å². The third-order valence-electron chi connectivity index (χ3n) is 1.67. The predicted molar refractivity (Wildman–Crippen MR) is 47.3 cm³/mol. The van der Waals surface area contributed by atoms with E-state index in [1.807, 2.05) is 0 Å². The third-order valence-corrected chi connectivity index (χ3v) is 3.20. The zero-order chi connectivity index (χ0) is 9.90. The number of hydrogen-bond acceptors (Lipinski definition) is 3. The summed E-state index contributed by atoms with van der Waals surface area (Å²) in [5.41, 5.74) is 0.653. The van der Waals surface area contributed by atoms with Gasteiger partial charge in [0, 0.05) is 13.2 Å². The zero-order valence-electron chi connectivity index (χ0n) is 7.20. The first kappa shape index (κ1) is 10.3. The zero-order valence-corrected chi connectivity index (χ0v) is 8.20. The first-order valence-corrected chi connectivity index (χ1v) is 5.79. The molecule has 0 heterocycles. The molecule has 3 nitrogen and oxygen atoms in total. The molecule has 2 N–H and O–H groups in total. The van der Waals surface area contributed by atoms with Crippen LogP contribution in [0, 0.1) is 5.82 Å². The molecule has 0 saturated carbocycles. The van der Waals surface area contributed by atoms with Crippen LogP contribution in [0.25, 0.3) is 0 Å². The summed E-state index contributed by atoms with van der Waals surface area (Å²) in [5.74, 6) is -0.343. The summed E-state index contributed by atoms with van der Waals surface area (Å²) >= 11 is 0. The summed E-state index contributed by atoms with van der Waals surface area (Å²) in [6, 6.07) is 5.60. The van der Waals surface area contributed by atoms with Crippen LogP contribution in [-0.2, 0) is 10.5 Å². The Morgan fingerprint density at radius 2 is 1.85 bits per heavy atom. The minimum atomic E-state index is -3.56. The monoisotopic (exact) mass is 202 g/mol. The SMILES string of the molecule is CO[Si](O)(O)Cc1ccc(F)cc1. The van der Waals surface area contributed by atoms with Gasteiger partial charge in [-0.15, -0.1) is 0 Å². The van der Waals surface area contributed by atoms with Gasteiger partial charge in [0.1, 0.15) is 5.82 Å². The van der Waals surface area contributed by atoms with Crippen molar-refractivity contribution >= 4 is 8.80 Å². The van der Waals surface area contributed by atoms with Gasteiger partial charge in [0.05, 0.1) is 0 Å². The van der Waals surface area contributed by atoms with Crippen LogP contribution in [0.2, 0.25) is 0 Å². The first-order chi connectivity index (χ1) is 6.03. The van der Waals surface area contributed by atoms with Crippen molar-refractivity contribution in [1.82, 2.24) is 0 Å². The number of halogens is 1. The molecule has 0 aliphatic heterocycles. The van der Waals surface area contributed by atoms with Gasteiger partial charge in [0.2, 0.25) is 0 Å². The Kier molecular flexibility index (Phi) is 3.15. The summed E-state index contributed by atoms with van der Waals surface area (Å²) in [5, 5.41) is 0. The molecule has 0 amide bonds. The van der Waals surface area contributed by atoms with Crippen molar-refractivity contribution in [2.75, 3.05) is 7.11 Å². The Balaban J connectivity index is 2.69. The van der Waals surface area contributed by atoms with E-state index in [2.05, 4.69) is 4.43 Å². The van der Waals surface area contributed by atoms with E-state index in [1.165, 1.54) is 31.4 Å². The van der Waals surface area contributed by atoms with Crippen molar-refractivity contribution < 1.29 is 18.4 Å². The standard InChI is InChI=1S/C8H11FO3Si/c1-12-13(10,11)6-7-2-4-8(9)5-3-7/h2-5,10-11H,6H2,1H3. The number of hydrogen-bond donors (Lipinski definition) is 2. The highest BCUT2D eigenvalue weighted by atomic mass is 28.4. The molecule has 13 heavy (non-hydrogen) atoms. The normalized spacial score (nSPS) is 11.7. The fourth-order valence-electron chi connectivity index (χ4n) is 0.940. The Bertz CT molecular complexity index is 273. The maximum atomic E-state index is 12.5. The van der Waals surface area contributed by atoms with Crippen LogP contribution < -0.4 is 0 Å². The number of benzene rings is 1. The van der Waals surface area contributed by atoms with Crippen LogP contribution in [0.15, 0.2) is 24.3 Å². The Morgan fingerprint density at radius 3 is 2.31 bits per heavy atom. The Labute approximate surface area is 76.8 Å². The lowest BCUT2D eigenvalue weighted by molar-refractivity contribution is 0.184. The second-order valence-electron chi connectivity index (χ2n) is 2.75. The molecule has 0 atom stereocenters. The van der Waals surface area contributed by atoms with E-state index < -0.39 is 8.80 Å².